The number of unbranched alkanes of at least 4 members (excludes halogenated alkanes) is 1. The van der Waals surface area contributed by atoms with E-state index < -0.39 is 0 Å². The van der Waals surface area contributed by atoms with Crippen molar-refractivity contribution in [2.24, 2.45) is 5.92 Å². The molecule has 1 aromatic rings. The van der Waals surface area contributed by atoms with Crippen molar-refractivity contribution in [1.82, 2.24) is 15.5 Å². The topological polar surface area (TPSA) is 44.4 Å². The molecule has 1 atom stereocenters. The first-order chi connectivity index (χ1) is 11.1. The standard InChI is InChI=1S/C18H28BrN3O/c1-15-6-5-11-22(14-15)10-3-2-9-20-18(23)21-13-16-7-4-8-17(19)12-16/h4,7-8,12,15H,2-3,5-6,9-11,13-14H2,1H3,(H2,20,21,23)/t15-/m0/s1. The minimum absolute atomic E-state index is 0.0865. The van der Waals surface area contributed by atoms with Gasteiger partial charge in [0.15, 0.2) is 0 Å². The molecule has 1 fully saturated rings. The van der Waals surface area contributed by atoms with Gasteiger partial charge in [-0.15, -0.1) is 0 Å². The number of halogens is 1. The second kappa shape index (κ2) is 9.93. The number of benzene rings is 1. The summed E-state index contributed by atoms with van der Waals surface area (Å²) in [5.74, 6) is 0.839. The van der Waals surface area contributed by atoms with Gasteiger partial charge in [0, 0.05) is 24.1 Å². The summed E-state index contributed by atoms with van der Waals surface area (Å²) in [5.41, 5.74) is 1.09. The van der Waals surface area contributed by atoms with E-state index in [-0.39, 0.29) is 6.03 Å². The summed E-state index contributed by atoms with van der Waals surface area (Å²) >= 11 is 3.43. The van der Waals surface area contributed by atoms with Crippen LogP contribution >= 0.6 is 15.9 Å². The molecule has 0 saturated carbocycles. The van der Waals surface area contributed by atoms with E-state index in [9.17, 15) is 4.79 Å². The Morgan fingerprint density at radius 2 is 2.22 bits per heavy atom. The van der Waals surface area contributed by atoms with E-state index in [1.165, 1.54) is 25.9 Å². The van der Waals surface area contributed by atoms with Crippen molar-refractivity contribution in [3.05, 3.63) is 34.3 Å². The lowest BCUT2D eigenvalue weighted by atomic mass is 10.0. The van der Waals surface area contributed by atoms with Gasteiger partial charge in [-0.25, -0.2) is 4.79 Å². The number of urea groups is 1. The molecule has 1 aliphatic rings. The van der Waals surface area contributed by atoms with Gasteiger partial charge in [0.25, 0.3) is 0 Å². The van der Waals surface area contributed by atoms with Crippen molar-refractivity contribution < 1.29 is 4.79 Å². The summed E-state index contributed by atoms with van der Waals surface area (Å²) < 4.78 is 1.03. The van der Waals surface area contributed by atoms with Gasteiger partial charge in [-0.1, -0.05) is 35.0 Å². The SMILES string of the molecule is C[C@H]1CCCN(CCCCNC(=O)NCc2cccc(Br)c2)C1. The van der Waals surface area contributed by atoms with E-state index in [2.05, 4.69) is 38.4 Å². The molecule has 2 N–H and O–H groups in total. The van der Waals surface area contributed by atoms with Crippen LogP contribution in [-0.2, 0) is 6.54 Å². The number of hydrogen-bond acceptors (Lipinski definition) is 2. The van der Waals surface area contributed by atoms with Crippen molar-refractivity contribution >= 4 is 22.0 Å². The zero-order valence-corrected chi connectivity index (χ0v) is 15.6. The molecular formula is C18H28BrN3O. The third-order valence-electron chi connectivity index (χ3n) is 4.27. The summed E-state index contributed by atoms with van der Waals surface area (Å²) in [6, 6.07) is 7.88. The summed E-state index contributed by atoms with van der Waals surface area (Å²) in [6.07, 6.45) is 4.89. The lowest BCUT2D eigenvalue weighted by Gasteiger charge is -2.30. The van der Waals surface area contributed by atoms with E-state index in [0.717, 1.165) is 41.9 Å². The van der Waals surface area contributed by atoms with Crippen LogP contribution in [0.4, 0.5) is 4.79 Å². The molecule has 0 aliphatic carbocycles. The van der Waals surface area contributed by atoms with E-state index in [0.29, 0.717) is 6.54 Å². The molecule has 1 aliphatic heterocycles. The number of carbonyl (C=O) groups excluding carboxylic acids is 1. The summed E-state index contributed by atoms with van der Waals surface area (Å²) in [5, 5.41) is 5.82. The Labute approximate surface area is 148 Å². The molecule has 2 amide bonds. The molecular weight excluding hydrogens is 354 g/mol. The number of rotatable bonds is 7. The van der Waals surface area contributed by atoms with E-state index in [4.69, 9.17) is 0 Å². The second-order valence-electron chi connectivity index (χ2n) is 6.49. The highest BCUT2D eigenvalue weighted by molar-refractivity contribution is 9.10. The van der Waals surface area contributed by atoms with Crippen LogP contribution in [0.25, 0.3) is 0 Å². The number of carbonyl (C=O) groups is 1. The normalized spacial score (nSPS) is 18.6. The fourth-order valence-electron chi connectivity index (χ4n) is 3.04. The van der Waals surface area contributed by atoms with Gasteiger partial charge in [-0.2, -0.15) is 0 Å². The molecule has 1 aromatic carbocycles. The lowest BCUT2D eigenvalue weighted by molar-refractivity contribution is 0.181. The van der Waals surface area contributed by atoms with Crippen LogP contribution in [0.1, 0.15) is 38.2 Å². The molecule has 0 unspecified atom stereocenters. The van der Waals surface area contributed by atoms with E-state index in [1.54, 1.807) is 0 Å². The Kier molecular flexibility index (Phi) is 7.89. The molecule has 4 nitrogen and oxygen atoms in total. The van der Waals surface area contributed by atoms with Crippen LogP contribution in [0.2, 0.25) is 0 Å². The molecule has 0 spiro atoms. The van der Waals surface area contributed by atoms with Crippen LogP contribution in [0.15, 0.2) is 28.7 Å². The number of piperidine rings is 1. The van der Waals surface area contributed by atoms with Gasteiger partial charge in [0.2, 0.25) is 0 Å². The first-order valence-electron chi connectivity index (χ1n) is 8.62. The van der Waals surface area contributed by atoms with Crippen molar-refractivity contribution in [3.63, 3.8) is 0 Å². The molecule has 5 heteroatoms. The van der Waals surface area contributed by atoms with Crippen molar-refractivity contribution in [2.45, 2.75) is 39.2 Å². The number of likely N-dealkylation sites (tertiary alicyclic amines) is 1. The van der Waals surface area contributed by atoms with E-state index >= 15 is 0 Å². The fourth-order valence-corrected chi connectivity index (χ4v) is 3.49. The first-order valence-corrected chi connectivity index (χ1v) is 9.41. The van der Waals surface area contributed by atoms with Crippen LogP contribution < -0.4 is 10.6 Å². The largest absolute Gasteiger partial charge is 0.338 e. The van der Waals surface area contributed by atoms with Gasteiger partial charge >= 0.3 is 6.03 Å². The van der Waals surface area contributed by atoms with Gasteiger partial charge in [0.1, 0.15) is 0 Å². The Morgan fingerprint density at radius 3 is 3.00 bits per heavy atom. The smallest absolute Gasteiger partial charge is 0.315 e. The Morgan fingerprint density at radius 1 is 1.35 bits per heavy atom. The predicted octanol–water partition coefficient (Wildman–Crippen LogP) is 3.76. The van der Waals surface area contributed by atoms with E-state index in [1.807, 2.05) is 24.3 Å². The molecule has 23 heavy (non-hydrogen) atoms. The Bertz CT molecular complexity index is 495. The van der Waals surface area contributed by atoms with Crippen LogP contribution in [-0.4, -0.2) is 37.1 Å². The van der Waals surface area contributed by atoms with Crippen molar-refractivity contribution in [1.29, 1.82) is 0 Å². The number of nitrogens with one attached hydrogen (secondary N) is 2. The van der Waals surface area contributed by atoms with Crippen LogP contribution in [0, 0.1) is 5.92 Å². The average molecular weight is 382 g/mol. The maximum absolute atomic E-state index is 11.8. The van der Waals surface area contributed by atoms with Crippen LogP contribution in [0.5, 0.6) is 0 Å². The third kappa shape index (κ3) is 7.36. The molecule has 0 aromatic heterocycles. The minimum Gasteiger partial charge on any atom is -0.338 e. The zero-order chi connectivity index (χ0) is 16.5. The number of nitrogens with zero attached hydrogens (tertiary/aromatic N) is 1. The summed E-state index contributed by atoms with van der Waals surface area (Å²) in [6.45, 7) is 7.27. The molecule has 128 valence electrons. The quantitative estimate of drug-likeness (QED) is 0.706. The highest BCUT2D eigenvalue weighted by atomic mass is 79.9. The van der Waals surface area contributed by atoms with Gasteiger partial charge in [-0.3, -0.25) is 0 Å². The highest BCUT2D eigenvalue weighted by Gasteiger charge is 2.15. The highest BCUT2D eigenvalue weighted by Crippen LogP contribution is 2.15. The molecule has 1 heterocycles. The monoisotopic (exact) mass is 381 g/mol. The molecule has 1 saturated heterocycles. The third-order valence-corrected chi connectivity index (χ3v) is 4.76. The second-order valence-corrected chi connectivity index (χ2v) is 7.41. The van der Waals surface area contributed by atoms with Crippen molar-refractivity contribution in [3.8, 4) is 0 Å². The summed E-state index contributed by atoms with van der Waals surface area (Å²) in [4.78, 5) is 14.3. The average Bonchev–Trinajstić information content (AvgIpc) is 2.53. The maximum Gasteiger partial charge on any atom is 0.315 e. The fraction of sp³-hybridized carbons (Fsp3) is 0.611. The molecule has 2 rings (SSSR count). The van der Waals surface area contributed by atoms with Crippen molar-refractivity contribution in [2.75, 3.05) is 26.2 Å². The zero-order valence-electron chi connectivity index (χ0n) is 14.0. The Balaban J connectivity index is 1.51. The lowest BCUT2D eigenvalue weighted by Crippen LogP contribution is -2.37. The minimum atomic E-state index is -0.0865. The van der Waals surface area contributed by atoms with Gasteiger partial charge in [0.05, 0.1) is 0 Å². The molecule has 0 radical (unpaired) electrons. The van der Waals surface area contributed by atoms with Crippen LogP contribution in [0.3, 0.4) is 0 Å². The summed E-state index contributed by atoms with van der Waals surface area (Å²) in [7, 11) is 0. The predicted molar refractivity (Wildman–Crippen MR) is 98.5 cm³/mol. The Hall–Kier alpha value is -1.07. The van der Waals surface area contributed by atoms with Gasteiger partial charge in [-0.05, 0) is 62.4 Å². The first kappa shape index (κ1) is 18.3. The molecule has 0 bridgehead atoms. The maximum atomic E-state index is 11.8. The number of hydrogen-bond donors (Lipinski definition) is 2. The van der Waals surface area contributed by atoms with Gasteiger partial charge < -0.3 is 15.5 Å². The number of amides is 2.